The van der Waals surface area contributed by atoms with Crippen molar-refractivity contribution in [1.82, 2.24) is 19.2 Å². The van der Waals surface area contributed by atoms with Crippen molar-refractivity contribution in [2.75, 3.05) is 33.2 Å². The number of thiazole rings is 1. The Bertz CT molecular complexity index is 1140. The number of imidazole rings is 1. The fourth-order valence-electron chi connectivity index (χ4n) is 3.88. The summed E-state index contributed by atoms with van der Waals surface area (Å²) in [5.41, 5.74) is 4.09. The molecule has 142 valence electrons. The zero-order valence-electron chi connectivity index (χ0n) is 15.8. The summed E-state index contributed by atoms with van der Waals surface area (Å²) in [4.78, 5) is 23.3. The minimum Gasteiger partial charge on any atom is -0.340 e. The predicted octanol–water partition coefficient (Wildman–Crippen LogP) is 3.53. The molecular formula is C22H22N4OS. The molecule has 0 radical (unpaired) electrons. The Morgan fingerprint density at radius 1 is 1.00 bits per heavy atom. The van der Waals surface area contributed by atoms with Crippen LogP contribution in [0.15, 0.2) is 54.6 Å². The van der Waals surface area contributed by atoms with Crippen LogP contribution in [0.4, 0.5) is 0 Å². The molecule has 6 heteroatoms. The molecule has 1 fully saturated rings. The van der Waals surface area contributed by atoms with Gasteiger partial charge in [-0.2, -0.15) is 0 Å². The molecule has 0 bridgehead atoms. The lowest BCUT2D eigenvalue weighted by atomic mass is 10.1. The van der Waals surface area contributed by atoms with Gasteiger partial charge < -0.3 is 9.80 Å². The van der Waals surface area contributed by atoms with Crippen molar-refractivity contribution in [3.05, 3.63) is 60.3 Å². The van der Waals surface area contributed by atoms with E-state index in [0.717, 1.165) is 53.6 Å². The molecule has 0 spiro atoms. The molecule has 0 aliphatic carbocycles. The third-order valence-electron chi connectivity index (χ3n) is 5.47. The summed E-state index contributed by atoms with van der Waals surface area (Å²) in [5, 5.41) is 0. The van der Waals surface area contributed by atoms with Crippen LogP contribution in [0.25, 0.3) is 26.4 Å². The zero-order valence-corrected chi connectivity index (χ0v) is 16.7. The Balaban J connectivity index is 1.61. The Morgan fingerprint density at radius 2 is 1.71 bits per heavy atom. The molecule has 5 nitrogen and oxygen atoms in total. The summed E-state index contributed by atoms with van der Waals surface area (Å²) >= 11 is 1.67. The van der Waals surface area contributed by atoms with E-state index in [9.17, 15) is 4.79 Å². The molecule has 1 aliphatic heterocycles. The quantitative estimate of drug-likeness (QED) is 0.537. The number of aromatic nitrogens is 2. The maximum atomic E-state index is 13.1. The second-order valence-corrected chi connectivity index (χ2v) is 8.33. The highest BCUT2D eigenvalue weighted by molar-refractivity contribution is 7.23. The summed E-state index contributed by atoms with van der Waals surface area (Å²) in [6.45, 7) is 3.45. The summed E-state index contributed by atoms with van der Waals surface area (Å²) < 4.78 is 3.37. The van der Waals surface area contributed by atoms with Crippen LogP contribution in [-0.4, -0.2) is 58.3 Å². The molecule has 0 N–H and O–H groups in total. The zero-order chi connectivity index (χ0) is 19.1. The van der Waals surface area contributed by atoms with Gasteiger partial charge in [-0.05, 0) is 19.2 Å². The van der Waals surface area contributed by atoms with Gasteiger partial charge in [0.2, 0.25) is 5.91 Å². The molecule has 1 aliphatic rings. The highest BCUT2D eigenvalue weighted by Gasteiger charge is 2.24. The van der Waals surface area contributed by atoms with Gasteiger partial charge in [-0.1, -0.05) is 53.8 Å². The number of hydrogen-bond acceptors (Lipinski definition) is 4. The summed E-state index contributed by atoms with van der Waals surface area (Å²) in [5.74, 6) is 0.183. The van der Waals surface area contributed by atoms with E-state index >= 15 is 0 Å². The minimum atomic E-state index is 0.183. The van der Waals surface area contributed by atoms with Gasteiger partial charge in [0.1, 0.15) is 0 Å². The first-order valence-electron chi connectivity index (χ1n) is 9.61. The minimum absolute atomic E-state index is 0.183. The van der Waals surface area contributed by atoms with E-state index < -0.39 is 0 Å². The number of nitrogens with zero attached hydrogens (tertiary/aromatic N) is 4. The first kappa shape index (κ1) is 17.4. The summed E-state index contributed by atoms with van der Waals surface area (Å²) in [6.07, 6.45) is 0.371. The summed E-state index contributed by atoms with van der Waals surface area (Å²) in [7, 11) is 2.10. The molecular weight excluding hydrogens is 368 g/mol. The number of carbonyl (C=O) groups excluding carboxylic acids is 1. The van der Waals surface area contributed by atoms with Crippen LogP contribution in [0, 0.1) is 0 Å². The molecule has 3 heterocycles. The Kier molecular flexibility index (Phi) is 4.37. The molecule has 0 saturated carbocycles. The van der Waals surface area contributed by atoms with Crippen LogP contribution < -0.4 is 0 Å². The van der Waals surface area contributed by atoms with Crippen molar-refractivity contribution in [2.24, 2.45) is 0 Å². The summed E-state index contributed by atoms with van der Waals surface area (Å²) in [6, 6.07) is 18.5. The van der Waals surface area contributed by atoms with E-state index in [1.807, 2.05) is 35.2 Å². The van der Waals surface area contributed by atoms with E-state index in [-0.39, 0.29) is 5.91 Å². The van der Waals surface area contributed by atoms with E-state index in [1.165, 1.54) is 4.70 Å². The van der Waals surface area contributed by atoms with Gasteiger partial charge >= 0.3 is 0 Å². The predicted molar refractivity (Wildman–Crippen MR) is 114 cm³/mol. The molecule has 1 amide bonds. The number of piperazine rings is 1. The van der Waals surface area contributed by atoms with Gasteiger partial charge in [0.15, 0.2) is 4.96 Å². The molecule has 4 aromatic rings. The van der Waals surface area contributed by atoms with Crippen LogP contribution in [-0.2, 0) is 11.2 Å². The van der Waals surface area contributed by atoms with Gasteiger partial charge in [-0.25, -0.2) is 4.98 Å². The average Bonchev–Trinajstić information content (AvgIpc) is 3.26. The maximum Gasteiger partial charge on any atom is 0.228 e. The van der Waals surface area contributed by atoms with Crippen LogP contribution in [0.5, 0.6) is 0 Å². The lowest BCUT2D eigenvalue weighted by Gasteiger charge is -2.32. The number of hydrogen-bond donors (Lipinski definition) is 0. The molecule has 2 aromatic carbocycles. The van der Waals surface area contributed by atoms with Gasteiger partial charge in [-0.3, -0.25) is 9.20 Å². The second-order valence-electron chi connectivity index (χ2n) is 7.32. The molecule has 0 atom stereocenters. The van der Waals surface area contributed by atoms with Crippen LogP contribution >= 0.6 is 11.3 Å². The van der Waals surface area contributed by atoms with Crippen molar-refractivity contribution in [3.8, 4) is 11.3 Å². The Morgan fingerprint density at radius 3 is 2.50 bits per heavy atom. The molecule has 1 saturated heterocycles. The van der Waals surface area contributed by atoms with Gasteiger partial charge in [0.05, 0.1) is 28.0 Å². The van der Waals surface area contributed by atoms with Crippen LogP contribution in [0.3, 0.4) is 0 Å². The standard InChI is InChI=1S/C22H22N4OS/c1-24-11-13-25(14-12-24)20(27)15-18-21(16-7-3-2-4-8-16)23-22-26(18)17-9-5-6-10-19(17)28-22/h2-10H,11-15H2,1H3. The van der Waals surface area contributed by atoms with Crippen LogP contribution in [0.2, 0.25) is 0 Å². The van der Waals surface area contributed by atoms with Crippen molar-refractivity contribution < 1.29 is 4.79 Å². The van der Waals surface area contributed by atoms with Gasteiger partial charge in [0.25, 0.3) is 0 Å². The van der Waals surface area contributed by atoms with Crippen molar-refractivity contribution in [2.45, 2.75) is 6.42 Å². The largest absolute Gasteiger partial charge is 0.340 e. The van der Waals surface area contributed by atoms with Gasteiger partial charge in [-0.15, -0.1) is 0 Å². The number of amides is 1. The number of benzene rings is 2. The lowest BCUT2D eigenvalue weighted by molar-refractivity contribution is -0.132. The van der Waals surface area contributed by atoms with E-state index in [1.54, 1.807) is 11.3 Å². The molecule has 0 unspecified atom stereocenters. The highest BCUT2D eigenvalue weighted by Crippen LogP contribution is 2.33. The third kappa shape index (κ3) is 2.99. The van der Waals surface area contributed by atoms with Crippen LogP contribution in [0.1, 0.15) is 5.69 Å². The Hall–Kier alpha value is -2.70. The number of likely N-dealkylation sites (N-methyl/N-ethyl adjacent to an activating group) is 1. The maximum absolute atomic E-state index is 13.1. The average molecular weight is 391 g/mol. The fourth-order valence-corrected chi connectivity index (χ4v) is 4.92. The van der Waals surface area contributed by atoms with E-state index in [4.69, 9.17) is 4.98 Å². The van der Waals surface area contributed by atoms with Crippen molar-refractivity contribution >= 4 is 32.4 Å². The molecule has 28 heavy (non-hydrogen) atoms. The van der Waals surface area contributed by atoms with E-state index in [0.29, 0.717) is 6.42 Å². The van der Waals surface area contributed by atoms with E-state index in [2.05, 4.69) is 40.6 Å². The number of para-hydroxylation sites is 1. The fraction of sp³-hybridized carbons (Fsp3) is 0.273. The SMILES string of the molecule is CN1CCN(C(=O)Cc2c(-c3ccccc3)nc3sc4ccccc4n23)CC1. The lowest BCUT2D eigenvalue weighted by Crippen LogP contribution is -2.47. The molecule has 5 rings (SSSR count). The number of rotatable bonds is 3. The first-order valence-corrected chi connectivity index (χ1v) is 10.4. The Labute approximate surface area is 167 Å². The monoisotopic (exact) mass is 390 g/mol. The van der Waals surface area contributed by atoms with Gasteiger partial charge in [0, 0.05) is 31.7 Å². The number of carbonyl (C=O) groups is 1. The topological polar surface area (TPSA) is 40.8 Å². The second kappa shape index (κ2) is 7.04. The third-order valence-corrected chi connectivity index (χ3v) is 6.49. The highest BCUT2D eigenvalue weighted by atomic mass is 32.1. The van der Waals surface area contributed by atoms with Crippen molar-refractivity contribution in [1.29, 1.82) is 0 Å². The van der Waals surface area contributed by atoms with Crippen molar-refractivity contribution in [3.63, 3.8) is 0 Å². The first-order chi connectivity index (χ1) is 13.7. The smallest absolute Gasteiger partial charge is 0.228 e. The normalized spacial score (nSPS) is 15.5. The molecule has 2 aromatic heterocycles. The number of fused-ring (bicyclic) bond motifs is 3.